The number of hydrogen-bond donors (Lipinski definition) is 2. The molecule has 0 aliphatic heterocycles. The monoisotopic (exact) mass is 290 g/mol. The summed E-state index contributed by atoms with van der Waals surface area (Å²) in [6.07, 6.45) is 6.79. The number of ether oxygens (including phenoxy) is 1. The van der Waals surface area contributed by atoms with Gasteiger partial charge in [-0.1, -0.05) is 25.7 Å². The van der Waals surface area contributed by atoms with Crippen LogP contribution in [0.25, 0.3) is 0 Å². The van der Waals surface area contributed by atoms with E-state index >= 15 is 0 Å². The number of amides is 1. The Kier molecular flexibility index (Phi) is 5.60. The maximum atomic E-state index is 11.8. The van der Waals surface area contributed by atoms with Crippen LogP contribution in [0.4, 0.5) is 5.69 Å². The van der Waals surface area contributed by atoms with Gasteiger partial charge in [-0.05, 0) is 37.1 Å². The fourth-order valence-corrected chi connectivity index (χ4v) is 2.53. The first kappa shape index (κ1) is 15.4. The Morgan fingerprint density at radius 2 is 1.71 bits per heavy atom. The van der Waals surface area contributed by atoms with Gasteiger partial charge in [0.1, 0.15) is 0 Å². The molecule has 1 aliphatic carbocycles. The van der Waals surface area contributed by atoms with Crippen LogP contribution in [-0.4, -0.2) is 24.5 Å². The summed E-state index contributed by atoms with van der Waals surface area (Å²) in [5, 5.41) is 2.94. The van der Waals surface area contributed by atoms with Crippen LogP contribution in [-0.2, 0) is 9.53 Å². The Hall–Kier alpha value is -2.04. The first-order chi connectivity index (χ1) is 10.1. The Bertz CT molecular complexity index is 477. The second-order valence-corrected chi connectivity index (χ2v) is 5.45. The van der Waals surface area contributed by atoms with Crippen LogP contribution < -0.4 is 11.1 Å². The first-order valence-corrected chi connectivity index (χ1v) is 7.47. The minimum Gasteiger partial charge on any atom is -0.452 e. The number of hydrogen-bond acceptors (Lipinski definition) is 4. The fraction of sp³-hybridized carbons (Fsp3) is 0.500. The molecule has 0 bridgehead atoms. The Labute approximate surface area is 124 Å². The van der Waals surface area contributed by atoms with Gasteiger partial charge in [-0.15, -0.1) is 0 Å². The van der Waals surface area contributed by atoms with Crippen LogP contribution in [0.5, 0.6) is 0 Å². The van der Waals surface area contributed by atoms with E-state index in [0.717, 1.165) is 25.7 Å². The first-order valence-electron chi connectivity index (χ1n) is 7.47. The summed E-state index contributed by atoms with van der Waals surface area (Å²) in [4.78, 5) is 23.6. The molecule has 0 spiro atoms. The van der Waals surface area contributed by atoms with Crippen LogP contribution in [0.15, 0.2) is 24.3 Å². The van der Waals surface area contributed by atoms with E-state index < -0.39 is 5.97 Å². The molecular formula is C16H22N2O3. The third-order valence-electron chi connectivity index (χ3n) is 3.70. The van der Waals surface area contributed by atoms with E-state index in [0.29, 0.717) is 11.3 Å². The van der Waals surface area contributed by atoms with Crippen molar-refractivity contribution in [2.45, 2.75) is 44.6 Å². The molecule has 5 nitrogen and oxygen atoms in total. The highest BCUT2D eigenvalue weighted by molar-refractivity contribution is 5.91. The average molecular weight is 290 g/mol. The molecule has 0 atom stereocenters. The number of nitrogens with two attached hydrogens (primary N) is 1. The fourth-order valence-electron chi connectivity index (χ4n) is 2.53. The zero-order chi connectivity index (χ0) is 15.1. The summed E-state index contributed by atoms with van der Waals surface area (Å²) in [7, 11) is 0. The summed E-state index contributed by atoms with van der Waals surface area (Å²) >= 11 is 0. The van der Waals surface area contributed by atoms with Crippen molar-refractivity contribution in [1.82, 2.24) is 5.32 Å². The minimum atomic E-state index is -0.508. The molecule has 1 aromatic rings. The molecule has 1 aliphatic rings. The predicted octanol–water partition coefficient (Wildman–Crippen LogP) is 2.26. The highest BCUT2D eigenvalue weighted by atomic mass is 16.5. The Morgan fingerprint density at radius 1 is 1.10 bits per heavy atom. The van der Waals surface area contributed by atoms with Gasteiger partial charge in [0.05, 0.1) is 5.56 Å². The van der Waals surface area contributed by atoms with Crippen molar-refractivity contribution in [3.8, 4) is 0 Å². The van der Waals surface area contributed by atoms with Gasteiger partial charge in [0.2, 0.25) is 0 Å². The maximum Gasteiger partial charge on any atom is 0.338 e. The van der Waals surface area contributed by atoms with Crippen molar-refractivity contribution in [3.05, 3.63) is 29.8 Å². The van der Waals surface area contributed by atoms with Gasteiger partial charge in [0.15, 0.2) is 6.61 Å². The number of nitrogens with one attached hydrogen (secondary N) is 1. The molecule has 1 aromatic carbocycles. The standard InChI is InChI=1S/C16H22N2O3/c17-13-9-7-12(8-10-13)16(20)21-11-15(19)18-14-5-3-1-2-4-6-14/h7-10,14H,1-6,11,17H2,(H,18,19). The number of carbonyl (C=O) groups is 2. The lowest BCUT2D eigenvalue weighted by atomic mass is 10.1. The molecule has 2 rings (SSSR count). The van der Waals surface area contributed by atoms with Crippen LogP contribution in [0.2, 0.25) is 0 Å². The van der Waals surface area contributed by atoms with Crippen molar-refractivity contribution in [3.63, 3.8) is 0 Å². The molecule has 3 N–H and O–H groups in total. The lowest BCUT2D eigenvalue weighted by Gasteiger charge is -2.16. The van der Waals surface area contributed by atoms with Gasteiger partial charge in [0.25, 0.3) is 5.91 Å². The molecule has 114 valence electrons. The van der Waals surface area contributed by atoms with Gasteiger partial charge >= 0.3 is 5.97 Å². The molecule has 0 heterocycles. The third kappa shape index (κ3) is 5.10. The number of benzene rings is 1. The van der Waals surface area contributed by atoms with Crippen LogP contribution in [0, 0.1) is 0 Å². The predicted molar refractivity (Wildman–Crippen MR) is 80.8 cm³/mol. The van der Waals surface area contributed by atoms with Gasteiger partial charge < -0.3 is 15.8 Å². The topological polar surface area (TPSA) is 81.4 Å². The van der Waals surface area contributed by atoms with Crippen LogP contribution >= 0.6 is 0 Å². The number of esters is 1. The number of anilines is 1. The molecule has 0 saturated heterocycles. The molecule has 5 heteroatoms. The zero-order valence-electron chi connectivity index (χ0n) is 12.1. The quantitative estimate of drug-likeness (QED) is 0.506. The SMILES string of the molecule is Nc1ccc(C(=O)OCC(=O)NC2CCCCCC2)cc1. The number of carbonyl (C=O) groups excluding carboxylic acids is 2. The van der Waals surface area contributed by atoms with Crippen molar-refractivity contribution in [1.29, 1.82) is 0 Å². The summed E-state index contributed by atoms with van der Waals surface area (Å²) < 4.78 is 5.01. The van der Waals surface area contributed by atoms with Crippen LogP contribution in [0.1, 0.15) is 48.9 Å². The normalized spacial score (nSPS) is 16.0. The molecule has 1 amide bonds. The van der Waals surface area contributed by atoms with Crippen molar-refractivity contribution < 1.29 is 14.3 Å². The molecule has 0 radical (unpaired) electrons. The van der Waals surface area contributed by atoms with Gasteiger partial charge in [0, 0.05) is 11.7 Å². The maximum absolute atomic E-state index is 11.8. The Balaban J connectivity index is 1.75. The molecule has 0 aromatic heterocycles. The largest absolute Gasteiger partial charge is 0.452 e. The van der Waals surface area contributed by atoms with Gasteiger partial charge in [-0.2, -0.15) is 0 Å². The van der Waals surface area contributed by atoms with Crippen molar-refractivity contribution >= 4 is 17.6 Å². The molecule has 1 saturated carbocycles. The van der Waals surface area contributed by atoms with Crippen molar-refractivity contribution in [2.75, 3.05) is 12.3 Å². The van der Waals surface area contributed by atoms with E-state index in [1.54, 1.807) is 24.3 Å². The van der Waals surface area contributed by atoms with Crippen LogP contribution in [0.3, 0.4) is 0 Å². The van der Waals surface area contributed by atoms with E-state index in [1.165, 1.54) is 12.8 Å². The molecule has 0 unspecified atom stereocenters. The molecule has 21 heavy (non-hydrogen) atoms. The number of rotatable bonds is 4. The lowest BCUT2D eigenvalue weighted by Crippen LogP contribution is -2.37. The van der Waals surface area contributed by atoms with Crippen molar-refractivity contribution in [2.24, 2.45) is 0 Å². The zero-order valence-corrected chi connectivity index (χ0v) is 12.1. The van der Waals surface area contributed by atoms with Gasteiger partial charge in [-0.3, -0.25) is 4.79 Å². The molecular weight excluding hydrogens is 268 g/mol. The second-order valence-electron chi connectivity index (χ2n) is 5.45. The van der Waals surface area contributed by atoms with E-state index in [2.05, 4.69) is 5.32 Å². The van der Waals surface area contributed by atoms with E-state index in [-0.39, 0.29) is 18.6 Å². The summed E-state index contributed by atoms with van der Waals surface area (Å²) in [6.45, 7) is -0.236. The smallest absolute Gasteiger partial charge is 0.338 e. The summed E-state index contributed by atoms with van der Waals surface area (Å²) in [5.74, 6) is -0.739. The average Bonchev–Trinajstić information content (AvgIpc) is 2.74. The summed E-state index contributed by atoms with van der Waals surface area (Å²) in [5.41, 5.74) is 6.53. The lowest BCUT2D eigenvalue weighted by molar-refractivity contribution is -0.125. The Morgan fingerprint density at radius 3 is 2.33 bits per heavy atom. The molecule has 1 fully saturated rings. The van der Waals surface area contributed by atoms with Gasteiger partial charge in [-0.25, -0.2) is 4.79 Å². The third-order valence-corrected chi connectivity index (χ3v) is 3.70. The number of nitrogen functional groups attached to an aromatic ring is 1. The second kappa shape index (κ2) is 7.67. The highest BCUT2D eigenvalue weighted by Crippen LogP contribution is 2.17. The summed E-state index contributed by atoms with van der Waals surface area (Å²) in [6, 6.07) is 6.64. The van der Waals surface area contributed by atoms with E-state index in [9.17, 15) is 9.59 Å². The van der Waals surface area contributed by atoms with E-state index in [1.807, 2.05) is 0 Å². The van der Waals surface area contributed by atoms with E-state index in [4.69, 9.17) is 10.5 Å². The highest BCUT2D eigenvalue weighted by Gasteiger charge is 2.16. The minimum absolute atomic E-state index is 0.218.